The van der Waals surface area contributed by atoms with Gasteiger partial charge in [-0.05, 0) is 76.7 Å². The number of hydrogen-bond acceptors (Lipinski definition) is 5. The molecule has 2 amide bonds. The summed E-state index contributed by atoms with van der Waals surface area (Å²) in [5, 5.41) is 7.11. The Labute approximate surface area is 224 Å². The number of hydrogen-bond donors (Lipinski definition) is 2. The maximum absolute atomic E-state index is 13.7. The van der Waals surface area contributed by atoms with Crippen LogP contribution in [0.25, 0.3) is 11.0 Å². The molecular formula is C31H39N3O4. The second kappa shape index (κ2) is 11.6. The van der Waals surface area contributed by atoms with Gasteiger partial charge in [-0.15, -0.1) is 0 Å². The zero-order valence-corrected chi connectivity index (χ0v) is 22.6. The third kappa shape index (κ3) is 5.73. The van der Waals surface area contributed by atoms with E-state index in [4.69, 9.17) is 9.15 Å². The van der Waals surface area contributed by atoms with E-state index in [0.717, 1.165) is 75.3 Å². The van der Waals surface area contributed by atoms with Gasteiger partial charge in [0.05, 0.1) is 12.0 Å². The molecule has 2 N–H and O–H groups in total. The molecule has 0 unspecified atom stereocenters. The lowest BCUT2D eigenvalue weighted by molar-refractivity contribution is -0.138. The first-order chi connectivity index (χ1) is 18.4. The maximum atomic E-state index is 13.7. The largest absolute Gasteiger partial charge is 0.491 e. The molecule has 0 aliphatic carbocycles. The third-order valence-electron chi connectivity index (χ3n) is 8.30. The number of nitrogens with zero attached hydrogens (tertiary/aromatic N) is 1. The highest BCUT2D eigenvalue weighted by atomic mass is 16.5. The Kier molecular flexibility index (Phi) is 8.03. The van der Waals surface area contributed by atoms with Gasteiger partial charge in [0.1, 0.15) is 29.7 Å². The van der Waals surface area contributed by atoms with Crippen LogP contribution in [0.2, 0.25) is 0 Å². The summed E-state index contributed by atoms with van der Waals surface area (Å²) in [6, 6.07) is 15.7. The van der Waals surface area contributed by atoms with Gasteiger partial charge in [-0.25, -0.2) is 0 Å². The number of nitrogens with one attached hydrogen (secondary N) is 2. The molecule has 2 aliphatic heterocycles. The van der Waals surface area contributed by atoms with Gasteiger partial charge in [0.2, 0.25) is 11.8 Å². The van der Waals surface area contributed by atoms with Gasteiger partial charge in [0.25, 0.3) is 0 Å². The second-order valence-electron chi connectivity index (χ2n) is 10.8. The normalized spacial score (nSPS) is 21.6. The molecule has 1 fully saturated rings. The lowest BCUT2D eigenvalue weighted by Crippen LogP contribution is -2.53. The Morgan fingerprint density at radius 1 is 1.00 bits per heavy atom. The molecule has 7 nitrogen and oxygen atoms in total. The fourth-order valence-electron chi connectivity index (χ4n) is 5.90. The number of likely N-dealkylation sites (tertiary alicyclic amines) is 1. The number of amides is 2. The highest BCUT2D eigenvalue weighted by Gasteiger charge is 2.41. The van der Waals surface area contributed by atoms with E-state index in [1.807, 2.05) is 37.3 Å². The summed E-state index contributed by atoms with van der Waals surface area (Å²) >= 11 is 0. The van der Waals surface area contributed by atoms with Crippen LogP contribution in [0.3, 0.4) is 0 Å². The standard InChI is InChI=1S/C31H39N3O4/c1-22-29(35)32-17-20-37-27-12-5-3-9-24(27)10-7-8-14-31(30(36)33-22)15-18-34(19-16-31)21-26-23(2)38-28-13-6-4-11-25(26)28/h3-6,9,11-13,22H,7-8,10,14-21H2,1-2H3,(H,32,35)(H,33,36)/t22-/m0/s1. The molecule has 0 radical (unpaired) electrons. The summed E-state index contributed by atoms with van der Waals surface area (Å²) < 4.78 is 11.9. The Morgan fingerprint density at radius 3 is 2.61 bits per heavy atom. The van der Waals surface area contributed by atoms with Crippen molar-refractivity contribution < 1.29 is 18.7 Å². The molecule has 2 aromatic carbocycles. The topological polar surface area (TPSA) is 83.8 Å². The number of para-hydroxylation sites is 2. The first-order valence-electron chi connectivity index (χ1n) is 13.9. The molecule has 5 rings (SSSR count). The van der Waals surface area contributed by atoms with E-state index in [-0.39, 0.29) is 11.8 Å². The zero-order valence-electron chi connectivity index (χ0n) is 22.6. The molecule has 38 heavy (non-hydrogen) atoms. The summed E-state index contributed by atoms with van der Waals surface area (Å²) in [5.74, 6) is 1.67. The number of carbonyl (C=O) groups excluding carboxylic acids is 2. The number of carbonyl (C=O) groups is 2. The molecule has 1 spiro atoms. The first-order valence-corrected chi connectivity index (χ1v) is 13.9. The molecule has 1 atom stereocenters. The van der Waals surface area contributed by atoms with Crippen LogP contribution in [0.5, 0.6) is 5.75 Å². The molecule has 1 aromatic heterocycles. The Bertz CT molecular complexity index is 1280. The predicted molar refractivity (Wildman–Crippen MR) is 148 cm³/mol. The quantitative estimate of drug-likeness (QED) is 0.513. The Balaban J connectivity index is 1.30. The van der Waals surface area contributed by atoms with Crippen LogP contribution in [0.4, 0.5) is 0 Å². The Hall–Kier alpha value is -3.32. The average molecular weight is 518 g/mol. The van der Waals surface area contributed by atoms with Gasteiger partial charge in [-0.3, -0.25) is 14.5 Å². The molecule has 3 heterocycles. The van der Waals surface area contributed by atoms with Crippen molar-refractivity contribution in [3.05, 3.63) is 65.4 Å². The minimum Gasteiger partial charge on any atom is -0.491 e. The third-order valence-corrected chi connectivity index (χ3v) is 8.30. The van der Waals surface area contributed by atoms with Crippen molar-refractivity contribution >= 4 is 22.8 Å². The van der Waals surface area contributed by atoms with Crippen molar-refractivity contribution in [2.24, 2.45) is 5.41 Å². The van der Waals surface area contributed by atoms with E-state index in [2.05, 4.69) is 33.7 Å². The van der Waals surface area contributed by atoms with Crippen molar-refractivity contribution in [3.63, 3.8) is 0 Å². The fourth-order valence-corrected chi connectivity index (χ4v) is 5.90. The lowest BCUT2D eigenvalue weighted by Gasteiger charge is -2.41. The summed E-state index contributed by atoms with van der Waals surface area (Å²) in [4.78, 5) is 28.8. The van der Waals surface area contributed by atoms with E-state index < -0.39 is 11.5 Å². The fraction of sp³-hybridized carbons (Fsp3) is 0.484. The molecule has 3 aromatic rings. The molecule has 2 aliphatic rings. The van der Waals surface area contributed by atoms with E-state index in [1.165, 1.54) is 16.5 Å². The highest BCUT2D eigenvalue weighted by molar-refractivity contribution is 5.90. The minimum absolute atomic E-state index is 0.0104. The van der Waals surface area contributed by atoms with Crippen molar-refractivity contribution in [2.75, 3.05) is 26.2 Å². The first kappa shape index (κ1) is 26.3. The number of furan rings is 1. The molecular weight excluding hydrogens is 478 g/mol. The van der Waals surface area contributed by atoms with Gasteiger partial charge in [0, 0.05) is 17.5 Å². The molecule has 1 saturated heterocycles. The van der Waals surface area contributed by atoms with Crippen LogP contribution in [-0.4, -0.2) is 49.0 Å². The molecule has 0 bridgehead atoms. The van der Waals surface area contributed by atoms with Crippen molar-refractivity contribution in [1.82, 2.24) is 15.5 Å². The molecule has 202 valence electrons. The van der Waals surface area contributed by atoms with Gasteiger partial charge in [-0.1, -0.05) is 42.8 Å². The predicted octanol–water partition coefficient (Wildman–Crippen LogP) is 4.75. The Morgan fingerprint density at radius 2 is 1.76 bits per heavy atom. The van der Waals surface area contributed by atoms with Crippen LogP contribution < -0.4 is 15.4 Å². The van der Waals surface area contributed by atoms with Gasteiger partial charge in [-0.2, -0.15) is 0 Å². The zero-order chi connectivity index (χ0) is 26.5. The molecule has 7 heteroatoms. The number of ether oxygens (including phenoxy) is 1. The summed E-state index contributed by atoms with van der Waals surface area (Å²) in [6.07, 6.45) is 5.23. The van der Waals surface area contributed by atoms with E-state index >= 15 is 0 Å². The van der Waals surface area contributed by atoms with Crippen LogP contribution in [0, 0.1) is 12.3 Å². The van der Waals surface area contributed by atoms with E-state index in [1.54, 1.807) is 6.92 Å². The van der Waals surface area contributed by atoms with Crippen LogP contribution in [0.1, 0.15) is 55.9 Å². The van der Waals surface area contributed by atoms with Crippen molar-refractivity contribution in [1.29, 1.82) is 0 Å². The number of aryl methyl sites for hydroxylation is 2. The summed E-state index contributed by atoms with van der Waals surface area (Å²) in [7, 11) is 0. The summed E-state index contributed by atoms with van der Waals surface area (Å²) in [6.45, 7) is 7.08. The van der Waals surface area contributed by atoms with Crippen molar-refractivity contribution in [2.45, 2.75) is 65.0 Å². The van der Waals surface area contributed by atoms with Crippen LogP contribution in [-0.2, 0) is 22.6 Å². The second-order valence-corrected chi connectivity index (χ2v) is 10.8. The minimum atomic E-state index is -0.588. The smallest absolute Gasteiger partial charge is 0.242 e. The molecule has 0 saturated carbocycles. The van der Waals surface area contributed by atoms with Crippen LogP contribution >= 0.6 is 0 Å². The maximum Gasteiger partial charge on any atom is 0.242 e. The van der Waals surface area contributed by atoms with Gasteiger partial charge >= 0.3 is 0 Å². The van der Waals surface area contributed by atoms with Crippen molar-refractivity contribution in [3.8, 4) is 5.75 Å². The lowest BCUT2D eigenvalue weighted by atomic mass is 9.73. The number of rotatable bonds is 2. The summed E-state index contributed by atoms with van der Waals surface area (Å²) in [5.41, 5.74) is 2.87. The van der Waals surface area contributed by atoms with E-state index in [0.29, 0.717) is 13.2 Å². The number of benzene rings is 2. The number of piperidine rings is 1. The highest BCUT2D eigenvalue weighted by Crippen LogP contribution is 2.39. The van der Waals surface area contributed by atoms with Crippen LogP contribution in [0.15, 0.2) is 52.9 Å². The number of fused-ring (bicyclic) bond motifs is 2. The average Bonchev–Trinajstić information content (AvgIpc) is 3.24. The SMILES string of the molecule is Cc1oc2ccccc2c1CN1CCC2(CCCCc3ccccc3OCCNC(=O)[C@H](C)NC2=O)CC1. The van der Waals surface area contributed by atoms with E-state index in [9.17, 15) is 9.59 Å². The van der Waals surface area contributed by atoms with Gasteiger partial charge in [0.15, 0.2) is 0 Å². The monoisotopic (exact) mass is 517 g/mol. The van der Waals surface area contributed by atoms with Gasteiger partial charge < -0.3 is 19.8 Å².